The fourth-order valence-corrected chi connectivity index (χ4v) is 3.36. The summed E-state index contributed by atoms with van der Waals surface area (Å²) in [5, 5.41) is 0. The zero-order valence-electron chi connectivity index (χ0n) is 9.57. The highest BCUT2D eigenvalue weighted by Gasteiger charge is 2.57. The average molecular weight is 168 g/mol. The maximum atomic E-state index is 2.48. The molecule has 1 aliphatic carbocycles. The first-order valence-corrected chi connectivity index (χ1v) is 5.38. The van der Waals surface area contributed by atoms with Crippen molar-refractivity contribution in [3.63, 3.8) is 0 Å². The molecule has 0 spiro atoms. The van der Waals surface area contributed by atoms with Gasteiger partial charge in [0.1, 0.15) is 0 Å². The molecule has 0 amide bonds. The molecule has 0 aromatic rings. The van der Waals surface area contributed by atoms with E-state index in [1.54, 1.807) is 0 Å². The number of hydrogen-bond donors (Lipinski definition) is 0. The molecule has 0 aromatic carbocycles. The van der Waals surface area contributed by atoms with Crippen molar-refractivity contribution in [2.75, 3.05) is 0 Å². The van der Waals surface area contributed by atoms with Crippen LogP contribution >= 0.6 is 0 Å². The van der Waals surface area contributed by atoms with Crippen molar-refractivity contribution in [3.8, 4) is 0 Å². The van der Waals surface area contributed by atoms with Crippen LogP contribution in [0.1, 0.15) is 54.4 Å². The quantitative estimate of drug-likeness (QED) is 0.582. The molecule has 1 aliphatic rings. The first kappa shape index (κ1) is 10.1. The van der Waals surface area contributed by atoms with Gasteiger partial charge in [-0.3, -0.25) is 0 Å². The summed E-state index contributed by atoms with van der Waals surface area (Å²) in [6.07, 6.45) is 2.77. The van der Waals surface area contributed by atoms with Crippen LogP contribution in [-0.4, -0.2) is 0 Å². The van der Waals surface area contributed by atoms with E-state index < -0.39 is 0 Å². The SMILES string of the molecule is CCC1(C)CC(C)C1(C)C(C)C. The van der Waals surface area contributed by atoms with Gasteiger partial charge >= 0.3 is 0 Å². The van der Waals surface area contributed by atoms with Crippen molar-refractivity contribution in [2.24, 2.45) is 22.7 Å². The molecule has 0 heterocycles. The maximum Gasteiger partial charge on any atom is -0.0223 e. The van der Waals surface area contributed by atoms with E-state index in [0.29, 0.717) is 10.8 Å². The Hall–Kier alpha value is 0. The Bertz CT molecular complexity index is 164. The molecule has 0 radical (unpaired) electrons. The fraction of sp³-hybridized carbons (Fsp3) is 1.00. The van der Waals surface area contributed by atoms with Gasteiger partial charge in [-0.05, 0) is 29.1 Å². The molecule has 0 N–H and O–H groups in total. The minimum Gasteiger partial charge on any atom is -0.0648 e. The second-order valence-corrected chi connectivity index (χ2v) is 5.46. The Labute approximate surface area is 77.7 Å². The largest absolute Gasteiger partial charge is 0.0648 e. The summed E-state index contributed by atoms with van der Waals surface area (Å²) in [6, 6.07) is 0. The standard InChI is InChI=1S/C12H24/c1-7-11(5)8-10(4)12(11,6)9(2)3/h9-10H,7-8H2,1-6H3. The van der Waals surface area contributed by atoms with E-state index >= 15 is 0 Å². The van der Waals surface area contributed by atoms with E-state index in [0.717, 1.165) is 11.8 Å². The first-order valence-electron chi connectivity index (χ1n) is 5.38. The van der Waals surface area contributed by atoms with E-state index in [4.69, 9.17) is 0 Å². The smallest absolute Gasteiger partial charge is 0.0223 e. The molecule has 0 bridgehead atoms. The van der Waals surface area contributed by atoms with E-state index in [1.807, 2.05) is 0 Å². The Balaban J connectivity index is 2.85. The van der Waals surface area contributed by atoms with Crippen molar-refractivity contribution in [1.29, 1.82) is 0 Å². The zero-order chi connectivity index (χ0) is 9.57. The molecular formula is C12H24. The Morgan fingerprint density at radius 1 is 1.33 bits per heavy atom. The van der Waals surface area contributed by atoms with Crippen molar-refractivity contribution in [3.05, 3.63) is 0 Å². The van der Waals surface area contributed by atoms with Crippen molar-refractivity contribution in [1.82, 2.24) is 0 Å². The van der Waals surface area contributed by atoms with Crippen LogP contribution in [0.15, 0.2) is 0 Å². The second kappa shape index (κ2) is 2.75. The second-order valence-electron chi connectivity index (χ2n) is 5.46. The molecule has 1 rings (SSSR count). The van der Waals surface area contributed by atoms with Gasteiger partial charge in [-0.25, -0.2) is 0 Å². The monoisotopic (exact) mass is 168 g/mol. The van der Waals surface area contributed by atoms with Crippen LogP contribution < -0.4 is 0 Å². The molecular weight excluding hydrogens is 144 g/mol. The van der Waals surface area contributed by atoms with Crippen LogP contribution in [0.25, 0.3) is 0 Å². The lowest BCUT2D eigenvalue weighted by Crippen LogP contribution is -2.56. The van der Waals surface area contributed by atoms with Crippen LogP contribution in [0.4, 0.5) is 0 Å². The van der Waals surface area contributed by atoms with E-state index in [2.05, 4.69) is 41.5 Å². The molecule has 72 valence electrons. The summed E-state index contributed by atoms with van der Waals surface area (Å²) < 4.78 is 0. The van der Waals surface area contributed by atoms with Gasteiger partial charge in [-0.15, -0.1) is 0 Å². The Morgan fingerprint density at radius 3 is 2.00 bits per heavy atom. The van der Waals surface area contributed by atoms with Gasteiger partial charge in [-0.1, -0.05) is 48.0 Å². The van der Waals surface area contributed by atoms with Gasteiger partial charge in [0.15, 0.2) is 0 Å². The molecule has 1 fully saturated rings. The molecule has 12 heavy (non-hydrogen) atoms. The predicted octanol–water partition coefficient (Wildman–Crippen LogP) is 4.10. The van der Waals surface area contributed by atoms with Crippen LogP contribution in [0.5, 0.6) is 0 Å². The third-order valence-electron chi connectivity index (χ3n) is 5.06. The maximum absolute atomic E-state index is 2.48. The van der Waals surface area contributed by atoms with Crippen molar-refractivity contribution in [2.45, 2.75) is 54.4 Å². The van der Waals surface area contributed by atoms with Crippen LogP contribution in [0.2, 0.25) is 0 Å². The summed E-state index contributed by atoms with van der Waals surface area (Å²) in [7, 11) is 0. The molecule has 0 saturated heterocycles. The number of hydrogen-bond acceptors (Lipinski definition) is 0. The summed E-state index contributed by atoms with van der Waals surface area (Å²) in [6.45, 7) is 14.5. The lowest BCUT2D eigenvalue weighted by molar-refractivity contribution is -0.147. The zero-order valence-corrected chi connectivity index (χ0v) is 9.57. The van der Waals surface area contributed by atoms with Crippen molar-refractivity contribution >= 4 is 0 Å². The third-order valence-corrected chi connectivity index (χ3v) is 5.06. The van der Waals surface area contributed by atoms with Crippen LogP contribution in [0, 0.1) is 22.7 Å². The van der Waals surface area contributed by atoms with Gasteiger partial charge in [0.25, 0.3) is 0 Å². The Morgan fingerprint density at radius 2 is 1.83 bits per heavy atom. The van der Waals surface area contributed by atoms with Gasteiger partial charge in [0.05, 0.1) is 0 Å². The van der Waals surface area contributed by atoms with Crippen LogP contribution in [0.3, 0.4) is 0 Å². The van der Waals surface area contributed by atoms with E-state index in [1.165, 1.54) is 12.8 Å². The molecule has 0 heteroatoms. The minimum absolute atomic E-state index is 0.585. The summed E-state index contributed by atoms with van der Waals surface area (Å²) in [5.74, 6) is 1.74. The normalized spacial score (nSPS) is 47.8. The average Bonchev–Trinajstić information content (AvgIpc) is 2.02. The predicted molar refractivity (Wildman–Crippen MR) is 55.1 cm³/mol. The minimum atomic E-state index is 0.585. The van der Waals surface area contributed by atoms with E-state index in [9.17, 15) is 0 Å². The highest BCUT2D eigenvalue weighted by Crippen LogP contribution is 2.65. The van der Waals surface area contributed by atoms with Crippen molar-refractivity contribution < 1.29 is 0 Å². The van der Waals surface area contributed by atoms with Crippen LogP contribution in [-0.2, 0) is 0 Å². The highest BCUT2D eigenvalue weighted by atomic mass is 14.6. The summed E-state index contributed by atoms with van der Waals surface area (Å²) >= 11 is 0. The van der Waals surface area contributed by atoms with Gasteiger partial charge in [0, 0.05) is 0 Å². The molecule has 3 atom stereocenters. The molecule has 3 unspecified atom stereocenters. The molecule has 1 saturated carbocycles. The van der Waals surface area contributed by atoms with Gasteiger partial charge in [0.2, 0.25) is 0 Å². The molecule has 0 nitrogen and oxygen atoms in total. The Kier molecular flexibility index (Phi) is 2.31. The lowest BCUT2D eigenvalue weighted by Gasteiger charge is -2.64. The lowest BCUT2D eigenvalue weighted by atomic mass is 9.41. The molecule has 0 aromatic heterocycles. The summed E-state index contributed by atoms with van der Waals surface area (Å²) in [5.41, 5.74) is 1.20. The molecule has 0 aliphatic heterocycles. The topological polar surface area (TPSA) is 0 Å². The van der Waals surface area contributed by atoms with Gasteiger partial charge in [-0.2, -0.15) is 0 Å². The fourth-order valence-electron chi connectivity index (χ4n) is 3.36. The first-order chi connectivity index (χ1) is 5.38. The summed E-state index contributed by atoms with van der Waals surface area (Å²) in [4.78, 5) is 0. The third kappa shape index (κ3) is 0.963. The highest BCUT2D eigenvalue weighted by molar-refractivity contribution is 5.06. The van der Waals surface area contributed by atoms with E-state index in [-0.39, 0.29) is 0 Å². The number of rotatable bonds is 2. The van der Waals surface area contributed by atoms with Gasteiger partial charge < -0.3 is 0 Å².